The van der Waals surface area contributed by atoms with Crippen molar-refractivity contribution in [2.45, 2.75) is 6.10 Å². The van der Waals surface area contributed by atoms with Crippen molar-refractivity contribution in [1.82, 2.24) is 0 Å². The second-order valence-corrected chi connectivity index (χ2v) is 4.71. The lowest BCUT2D eigenvalue weighted by Gasteiger charge is -2.15. The van der Waals surface area contributed by atoms with Crippen LogP contribution in [0, 0.1) is 10.1 Å². The van der Waals surface area contributed by atoms with Crippen LogP contribution in [-0.2, 0) is 0 Å². The van der Waals surface area contributed by atoms with E-state index in [-0.39, 0.29) is 11.4 Å². The van der Waals surface area contributed by atoms with E-state index in [4.69, 9.17) is 14.2 Å². The molecule has 0 aromatic heterocycles. The summed E-state index contributed by atoms with van der Waals surface area (Å²) >= 11 is 0. The Balaban J connectivity index is 2.42. The zero-order valence-electron chi connectivity index (χ0n) is 13.0. The van der Waals surface area contributed by atoms with Gasteiger partial charge in [-0.3, -0.25) is 10.1 Å². The average molecular weight is 319 g/mol. The molecular formula is C16H17NO6. The third-order valence-corrected chi connectivity index (χ3v) is 3.44. The number of aliphatic hydroxyl groups excluding tert-OH is 1. The van der Waals surface area contributed by atoms with Gasteiger partial charge in [-0.25, -0.2) is 0 Å². The molecule has 2 aromatic carbocycles. The van der Waals surface area contributed by atoms with Crippen LogP contribution in [-0.4, -0.2) is 31.4 Å². The Kier molecular flexibility index (Phi) is 5.02. The summed E-state index contributed by atoms with van der Waals surface area (Å²) in [5.41, 5.74) is 0.705. The molecule has 0 aliphatic carbocycles. The van der Waals surface area contributed by atoms with Crippen molar-refractivity contribution in [2.24, 2.45) is 0 Å². The molecule has 1 unspecified atom stereocenters. The molecule has 23 heavy (non-hydrogen) atoms. The number of benzene rings is 2. The Morgan fingerprint density at radius 1 is 0.913 bits per heavy atom. The van der Waals surface area contributed by atoms with Gasteiger partial charge in [0.05, 0.1) is 26.3 Å². The Labute approximate surface area is 133 Å². The molecule has 7 nitrogen and oxygen atoms in total. The van der Waals surface area contributed by atoms with Crippen LogP contribution in [0.3, 0.4) is 0 Å². The van der Waals surface area contributed by atoms with E-state index in [1.807, 2.05) is 0 Å². The normalized spacial score (nSPS) is 11.7. The summed E-state index contributed by atoms with van der Waals surface area (Å²) < 4.78 is 15.3. The molecule has 1 N–H and O–H groups in total. The van der Waals surface area contributed by atoms with E-state index < -0.39 is 11.0 Å². The summed E-state index contributed by atoms with van der Waals surface area (Å²) in [7, 11) is 4.36. The smallest absolute Gasteiger partial charge is 0.311 e. The van der Waals surface area contributed by atoms with Gasteiger partial charge in [0.25, 0.3) is 0 Å². The standard InChI is InChI=1S/C16H17NO6/c1-21-13-6-4-10(8-12(13)17(19)20)16(18)11-5-7-14(22-2)15(9-11)23-3/h4-9,16,18H,1-3H3. The number of nitro benzene ring substituents is 1. The number of ether oxygens (including phenoxy) is 3. The maximum absolute atomic E-state index is 11.1. The largest absolute Gasteiger partial charge is 0.493 e. The molecule has 0 amide bonds. The molecule has 0 radical (unpaired) electrons. The van der Waals surface area contributed by atoms with Gasteiger partial charge < -0.3 is 19.3 Å². The van der Waals surface area contributed by atoms with E-state index in [9.17, 15) is 15.2 Å². The highest BCUT2D eigenvalue weighted by molar-refractivity contribution is 5.51. The van der Waals surface area contributed by atoms with E-state index in [0.29, 0.717) is 22.6 Å². The van der Waals surface area contributed by atoms with Crippen LogP contribution in [0.5, 0.6) is 17.2 Å². The molecule has 122 valence electrons. The predicted octanol–water partition coefficient (Wildman–Crippen LogP) is 2.70. The van der Waals surface area contributed by atoms with Gasteiger partial charge in [-0.1, -0.05) is 12.1 Å². The van der Waals surface area contributed by atoms with Gasteiger partial charge in [0.2, 0.25) is 0 Å². The molecule has 0 aliphatic rings. The van der Waals surface area contributed by atoms with Gasteiger partial charge in [-0.2, -0.15) is 0 Å². The third-order valence-electron chi connectivity index (χ3n) is 3.44. The first-order chi connectivity index (χ1) is 11.0. The molecule has 7 heteroatoms. The minimum absolute atomic E-state index is 0.137. The highest BCUT2D eigenvalue weighted by atomic mass is 16.6. The fourth-order valence-corrected chi connectivity index (χ4v) is 2.24. The second kappa shape index (κ2) is 6.97. The molecule has 1 atom stereocenters. The molecule has 0 aliphatic heterocycles. The minimum atomic E-state index is -1.04. The van der Waals surface area contributed by atoms with E-state index >= 15 is 0 Å². The van der Waals surface area contributed by atoms with E-state index in [1.165, 1.54) is 33.5 Å². The summed E-state index contributed by atoms with van der Waals surface area (Å²) in [6.07, 6.45) is -1.04. The van der Waals surface area contributed by atoms with Crippen LogP contribution in [0.4, 0.5) is 5.69 Å². The van der Waals surface area contributed by atoms with Crippen molar-refractivity contribution in [1.29, 1.82) is 0 Å². The highest BCUT2D eigenvalue weighted by Gasteiger charge is 2.20. The summed E-state index contributed by atoms with van der Waals surface area (Å²) in [5.74, 6) is 1.13. The zero-order chi connectivity index (χ0) is 17.0. The van der Waals surface area contributed by atoms with Gasteiger partial charge in [-0.15, -0.1) is 0 Å². The van der Waals surface area contributed by atoms with E-state index in [0.717, 1.165) is 0 Å². The molecule has 0 saturated carbocycles. The quantitative estimate of drug-likeness (QED) is 0.650. The maximum atomic E-state index is 11.1. The molecular weight excluding hydrogens is 302 g/mol. The molecule has 0 heterocycles. The summed E-state index contributed by atoms with van der Waals surface area (Å²) in [6, 6.07) is 9.28. The molecule has 2 aromatic rings. The van der Waals surface area contributed by atoms with Crippen molar-refractivity contribution in [3.63, 3.8) is 0 Å². The topological polar surface area (TPSA) is 91.1 Å². The third kappa shape index (κ3) is 3.35. The number of aliphatic hydroxyl groups is 1. The number of nitro groups is 1. The first-order valence-electron chi connectivity index (χ1n) is 6.74. The fourth-order valence-electron chi connectivity index (χ4n) is 2.24. The number of nitrogens with zero attached hydrogens (tertiary/aromatic N) is 1. The Hall–Kier alpha value is -2.80. The lowest BCUT2D eigenvalue weighted by molar-refractivity contribution is -0.385. The fraction of sp³-hybridized carbons (Fsp3) is 0.250. The minimum Gasteiger partial charge on any atom is -0.493 e. The maximum Gasteiger partial charge on any atom is 0.311 e. The first-order valence-corrected chi connectivity index (χ1v) is 6.74. The molecule has 0 fully saturated rings. The predicted molar refractivity (Wildman–Crippen MR) is 83.3 cm³/mol. The van der Waals surface area contributed by atoms with Crippen LogP contribution in [0.2, 0.25) is 0 Å². The van der Waals surface area contributed by atoms with Gasteiger partial charge in [0.1, 0.15) is 6.10 Å². The zero-order valence-corrected chi connectivity index (χ0v) is 13.0. The van der Waals surface area contributed by atoms with Crippen LogP contribution in [0.1, 0.15) is 17.2 Å². The average Bonchev–Trinajstić information content (AvgIpc) is 2.59. The SMILES string of the molecule is COc1ccc(C(O)c2ccc(OC)c([N+](=O)[O-])c2)cc1OC. The Morgan fingerprint density at radius 2 is 1.43 bits per heavy atom. The van der Waals surface area contributed by atoms with Crippen LogP contribution < -0.4 is 14.2 Å². The van der Waals surface area contributed by atoms with Crippen LogP contribution in [0.15, 0.2) is 36.4 Å². The van der Waals surface area contributed by atoms with Crippen molar-refractivity contribution in [3.8, 4) is 17.2 Å². The van der Waals surface area contributed by atoms with Gasteiger partial charge in [0, 0.05) is 6.07 Å². The molecule has 2 rings (SSSR count). The van der Waals surface area contributed by atoms with Crippen molar-refractivity contribution in [2.75, 3.05) is 21.3 Å². The van der Waals surface area contributed by atoms with Gasteiger partial charge in [-0.05, 0) is 29.3 Å². The highest BCUT2D eigenvalue weighted by Crippen LogP contribution is 2.35. The van der Waals surface area contributed by atoms with Gasteiger partial charge >= 0.3 is 5.69 Å². The molecule has 0 bridgehead atoms. The van der Waals surface area contributed by atoms with E-state index in [2.05, 4.69) is 0 Å². The number of hydrogen-bond acceptors (Lipinski definition) is 6. The number of hydrogen-bond donors (Lipinski definition) is 1. The Morgan fingerprint density at radius 3 is 1.96 bits per heavy atom. The summed E-state index contributed by atoms with van der Waals surface area (Å²) in [4.78, 5) is 10.5. The van der Waals surface area contributed by atoms with Crippen molar-refractivity contribution < 1.29 is 24.2 Å². The lowest BCUT2D eigenvalue weighted by atomic mass is 10.0. The Bertz CT molecular complexity index is 716. The van der Waals surface area contributed by atoms with E-state index in [1.54, 1.807) is 24.3 Å². The lowest BCUT2D eigenvalue weighted by Crippen LogP contribution is -2.03. The summed E-state index contributed by atoms with van der Waals surface area (Å²) in [5, 5.41) is 21.6. The van der Waals surface area contributed by atoms with Crippen molar-refractivity contribution in [3.05, 3.63) is 57.6 Å². The molecule has 0 saturated heterocycles. The first kappa shape index (κ1) is 16.6. The summed E-state index contributed by atoms with van der Waals surface area (Å²) in [6.45, 7) is 0. The number of rotatable bonds is 6. The monoisotopic (exact) mass is 319 g/mol. The van der Waals surface area contributed by atoms with Crippen LogP contribution in [0.25, 0.3) is 0 Å². The van der Waals surface area contributed by atoms with Crippen molar-refractivity contribution >= 4 is 5.69 Å². The van der Waals surface area contributed by atoms with Gasteiger partial charge in [0.15, 0.2) is 17.2 Å². The van der Waals surface area contributed by atoms with Crippen LogP contribution >= 0.6 is 0 Å². The second-order valence-electron chi connectivity index (χ2n) is 4.71. The molecule has 0 spiro atoms. The number of methoxy groups -OCH3 is 3.